The average Bonchev–Trinajstić information content (AvgIpc) is 2.23. The van der Waals surface area contributed by atoms with Crippen LogP contribution in [0.25, 0.3) is 0 Å². The molecular formula is C13H30N2. The quantitative estimate of drug-likeness (QED) is 0.629. The van der Waals surface area contributed by atoms with E-state index < -0.39 is 0 Å². The van der Waals surface area contributed by atoms with Gasteiger partial charge in [-0.05, 0) is 34.2 Å². The highest BCUT2D eigenvalue weighted by Gasteiger charge is 2.28. The van der Waals surface area contributed by atoms with E-state index in [-0.39, 0.29) is 5.54 Å². The van der Waals surface area contributed by atoms with Gasteiger partial charge < -0.3 is 5.73 Å². The van der Waals surface area contributed by atoms with Crippen LogP contribution in [0.15, 0.2) is 0 Å². The van der Waals surface area contributed by atoms with Crippen LogP contribution in [0.4, 0.5) is 0 Å². The fourth-order valence-corrected chi connectivity index (χ4v) is 1.98. The topological polar surface area (TPSA) is 29.3 Å². The highest BCUT2D eigenvalue weighted by atomic mass is 15.2. The summed E-state index contributed by atoms with van der Waals surface area (Å²) >= 11 is 0. The van der Waals surface area contributed by atoms with Gasteiger partial charge in [-0.25, -0.2) is 0 Å². The van der Waals surface area contributed by atoms with Crippen molar-refractivity contribution in [3.8, 4) is 0 Å². The molecule has 1 atom stereocenters. The molecule has 2 heteroatoms. The van der Waals surface area contributed by atoms with E-state index >= 15 is 0 Å². The van der Waals surface area contributed by atoms with E-state index in [1.54, 1.807) is 0 Å². The summed E-state index contributed by atoms with van der Waals surface area (Å²) in [6.07, 6.45) is 6.53. The first-order valence-electron chi connectivity index (χ1n) is 6.41. The van der Waals surface area contributed by atoms with E-state index in [0.29, 0.717) is 6.04 Å². The Balaban J connectivity index is 4.06. The van der Waals surface area contributed by atoms with Crippen LogP contribution >= 0.6 is 0 Å². The second kappa shape index (κ2) is 7.24. The Morgan fingerprint density at radius 3 is 2.20 bits per heavy atom. The summed E-state index contributed by atoms with van der Waals surface area (Å²) < 4.78 is 0. The summed E-state index contributed by atoms with van der Waals surface area (Å²) in [5.41, 5.74) is 6.10. The van der Waals surface area contributed by atoms with Crippen molar-refractivity contribution in [2.24, 2.45) is 5.73 Å². The summed E-state index contributed by atoms with van der Waals surface area (Å²) in [7, 11) is 2.19. The molecule has 0 aliphatic carbocycles. The van der Waals surface area contributed by atoms with Gasteiger partial charge in [0.25, 0.3) is 0 Å². The van der Waals surface area contributed by atoms with Gasteiger partial charge in [-0.2, -0.15) is 0 Å². The second-order valence-corrected chi connectivity index (χ2v) is 5.22. The van der Waals surface area contributed by atoms with E-state index in [0.717, 1.165) is 6.54 Å². The highest BCUT2D eigenvalue weighted by Crippen LogP contribution is 2.22. The number of likely N-dealkylation sites (N-methyl/N-ethyl adjacent to an activating group) is 1. The summed E-state index contributed by atoms with van der Waals surface area (Å²) in [6, 6.07) is 0.574. The highest BCUT2D eigenvalue weighted by molar-refractivity contribution is 4.87. The molecule has 92 valence electrons. The van der Waals surface area contributed by atoms with E-state index in [2.05, 4.69) is 39.6 Å². The lowest BCUT2D eigenvalue weighted by Crippen LogP contribution is -2.52. The Bertz CT molecular complexity index is 157. The summed E-state index contributed by atoms with van der Waals surface area (Å²) in [5.74, 6) is 0. The van der Waals surface area contributed by atoms with Crippen LogP contribution in [0.5, 0.6) is 0 Å². The molecule has 0 saturated heterocycles. The summed E-state index contributed by atoms with van der Waals surface area (Å²) in [6.45, 7) is 9.77. The van der Waals surface area contributed by atoms with Crippen LogP contribution in [0.2, 0.25) is 0 Å². The molecule has 2 N–H and O–H groups in total. The minimum atomic E-state index is 0.182. The third-order valence-electron chi connectivity index (χ3n) is 3.63. The molecule has 15 heavy (non-hydrogen) atoms. The zero-order valence-corrected chi connectivity index (χ0v) is 11.3. The number of unbranched alkanes of at least 4 members (excludes halogenated alkanes) is 3. The molecule has 0 rings (SSSR count). The molecule has 0 aliphatic heterocycles. The lowest BCUT2D eigenvalue weighted by atomic mass is 9.91. The molecule has 0 amide bonds. The third-order valence-corrected chi connectivity index (χ3v) is 3.63. The largest absolute Gasteiger partial charge is 0.329 e. The molecular weight excluding hydrogens is 184 g/mol. The second-order valence-electron chi connectivity index (χ2n) is 5.22. The number of hydrogen-bond donors (Lipinski definition) is 1. The predicted octanol–water partition coefficient (Wildman–Crippen LogP) is 3.01. The van der Waals surface area contributed by atoms with Crippen molar-refractivity contribution in [1.82, 2.24) is 4.90 Å². The number of rotatable bonds is 8. The zero-order chi connectivity index (χ0) is 11.9. The molecule has 0 bridgehead atoms. The Labute approximate surface area is 96.2 Å². The third kappa shape index (κ3) is 4.98. The van der Waals surface area contributed by atoms with Crippen molar-refractivity contribution in [2.75, 3.05) is 13.6 Å². The predicted molar refractivity (Wildman–Crippen MR) is 69.1 cm³/mol. The lowest BCUT2D eigenvalue weighted by molar-refractivity contribution is 0.0972. The van der Waals surface area contributed by atoms with Gasteiger partial charge in [0.2, 0.25) is 0 Å². The molecule has 0 heterocycles. The number of nitrogens with zero attached hydrogens (tertiary/aromatic N) is 1. The van der Waals surface area contributed by atoms with E-state index in [1.807, 2.05) is 0 Å². The molecule has 0 aromatic rings. The van der Waals surface area contributed by atoms with Crippen LogP contribution in [0, 0.1) is 0 Å². The number of hydrogen-bond acceptors (Lipinski definition) is 2. The van der Waals surface area contributed by atoms with Crippen LogP contribution in [0.3, 0.4) is 0 Å². The van der Waals surface area contributed by atoms with Crippen molar-refractivity contribution in [3.05, 3.63) is 0 Å². The van der Waals surface area contributed by atoms with Crippen LogP contribution < -0.4 is 5.73 Å². The van der Waals surface area contributed by atoms with Crippen LogP contribution in [0.1, 0.15) is 59.8 Å². The van der Waals surface area contributed by atoms with Crippen molar-refractivity contribution >= 4 is 0 Å². The average molecular weight is 214 g/mol. The Morgan fingerprint density at radius 1 is 1.20 bits per heavy atom. The van der Waals surface area contributed by atoms with E-state index in [1.165, 1.54) is 32.1 Å². The standard InChI is InChI=1S/C13H30N2/c1-6-7-8-9-10-13(4,11-14)15(5)12(2)3/h12H,6-11,14H2,1-5H3. The van der Waals surface area contributed by atoms with Gasteiger partial charge in [0, 0.05) is 18.1 Å². The molecule has 2 nitrogen and oxygen atoms in total. The maximum absolute atomic E-state index is 5.92. The summed E-state index contributed by atoms with van der Waals surface area (Å²) in [5, 5.41) is 0. The first-order valence-corrected chi connectivity index (χ1v) is 6.41. The maximum atomic E-state index is 5.92. The van der Waals surface area contributed by atoms with Crippen molar-refractivity contribution in [2.45, 2.75) is 71.4 Å². The maximum Gasteiger partial charge on any atom is 0.0303 e. The van der Waals surface area contributed by atoms with Crippen molar-refractivity contribution < 1.29 is 0 Å². The number of nitrogens with two attached hydrogens (primary N) is 1. The van der Waals surface area contributed by atoms with Gasteiger partial charge in [0.1, 0.15) is 0 Å². The normalized spacial score (nSPS) is 16.0. The molecule has 0 radical (unpaired) electrons. The van der Waals surface area contributed by atoms with E-state index in [4.69, 9.17) is 5.73 Å². The zero-order valence-electron chi connectivity index (χ0n) is 11.3. The molecule has 0 aromatic carbocycles. The Morgan fingerprint density at radius 2 is 1.80 bits per heavy atom. The Kier molecular flexibility index (Phi) is 7.20. The van der Waals surface area contributed by atoms with Gasteiger partial charge in [0.05, 0.1) is 0 Å². The van der Waals surface area contributed by atoms with Crippen LogP contribution in [-0.2, 0) is 0 Å². The van der Waals surface area contributed by atoms with Crippen molar-refractivity contribution in [1.29, 1.82) is 0 Å². The molecule has 1 unspecified atom stereocenters. The Hall–Kier alpha value is -0.0800. The minimum absolute atomic E-state index is 0.182. The van der Waals surface area contributed by atoms with Gasteiger partial charge in [0.15, 0.2) is 0 Å². The molecule has 0 spiro atoms. The minimum Gasteiger partial charge on any atom is -0.329 e. The van der Waals surface area contributed by atoms with Gasteiger partial charge in [-0.15, -0.1) is 0 Å². The van der Waals surface area contributed by atoms with E-state index in [9.17, 15) is 0 Å². The monoisotopic (exact) mass is 214 g/mol. The van der Waals surface area contributed by atoms with Crippen LogP contribution in [-0.4, -0.2) is 30.1 Å². The molecule has 0 aliphatic rings. The lowest BCUT2D eigenvalue weighted by Gasteiger charge is -2.41. The molecule has 0 fully saturated rings. The molecule has 0 aromatic heterocycles. The SMILES string of the molecule is CCCCCCC(C)(CN)N(C)C(C)C. The van der Waals surface area contributed by atoms with Gasteiger partial charge in [-0.1, -0.05) is 32.6 Å². The fourth-order valence-electron chi connectivity index (χ4n) is 1.98. The van der Waals surface area contributed by atoms with Gasteiger partial charge >= 0.3 is 0 Å². The van der Waals surface area contributed by atoms with Crippen molar-refractivity contribution in [3.63, 3.8) is 0 Å². The first kappa shape index (κ1) is 14.9. The molecule has 0 saturated carbocycles. The first-order chi connectivity index (χ1) is 6.98. The summed E-state index contributed by atoms with van der Waals surface area (Å²) in [4.78, 5) is 2.42. The smallest absolute Gasteiger partial charge is 0.0303 e. The van der Waals surface area contributed by atoms with Gasteiger partial charge in [-0.3, -0.25) is 4.90 Å². The fraction of sp³-hybridized carbons (Fsp3) is 1.00.